The number of hydrogen-bond acceptors (Lipinski definition) is 5. The van der Waals surface area contributed by atoms with Crippen LogP contribution in [0.3, 0.4) is 0 Å². The quantitative estimate of drug-likeness (QED) is 0.891. The third-order valence-electron chi connectivity index (χ3n) is 4.78. The lowest BCUT2D eigenvalue weighted by molar-refractivity contribution is -0.132. The highest BCUT2D eigenvalue weighted by atomic mass is 16.5. The summed E-state index contributed by atoms with van der Waals surface area (Å²) in [5.74, 6) is 0.596. The number of aromatic nitrogens is 4. The molecule has 3 rings (SSSR count). The molecule has 1 aliphatic carbocycles. The molecule has 1 aliphatic heterocycles. The van der Waals surface area contributed by atoms with Gasteiger partial charge < -0.3 is 10.1 Å². The number of nitrogens with zero attached hydrogens (tertiary/aromatic N) is 4. The SMILES string of the molecule is O=C(NCC1CCOCC1)C1(n2cnnn2)CCCCC1. The number of carbonyl (C=O) groups is 1. The van der Waals surface area contributed by atoms with Gasteiger partial charge in [0.1, 0.15) is 11.9 Å². The van der Waals surface area contributed by atoms with Crippen molar-refractivity contribution >= 4 is 5.91 Å². The van der Waals surface area contributed by atoms with Crippen LogP contribution in [0.1, 0.15) is 44.9 Å². The van der Waals surface area contributed by atoms with Gasteiger partial charge in [0.25, 0.3) is 0 Å². The van der Waals surface area contributed by atoms with Crippen LogP contribution in [0, 0.1) is 5.92 Å². The van der Waals surface area contributed by atoms with Gasteiger partial charge in [-0.15, -0.1) is 5.10 Å². The molecule has 1 amide bonds. The van der Waals surface area contributed by atoms with E-state index < -0.39 is 5.54 Å². The molecule has 1 aromatic rings. The molecule has 0 bridgehead atoms. The Morgan fingerprint density at radius 3 is 2.71 bits per heavy atom. The Kier molecular flexibility index (Phi) is 4.48. The van der Waals surface area contributed by atoms with E-state index in [4.69, 9.17) is 4.74 Å². The Hall–Kier alpha value is -1.50. The number of nitrogens with one attached hydrogen (secondary N) is 1. The molecule has 2 aliphatic rings. The van der Waals surface area contributed by atoms with Crippen LogP contribution in [0.25, 0.3) is 0 Å². The molecule has 1 saturated heterocycles. The first kappa shape index (κ1) is 14.4. The molecule has 7 nitrogen and oxygen atoms in total. The predicted molar refractivity (Wildman–Crippen MR) is 75.4 cm³/mol. The van der Waals surface area contributed by atoms with E-state index in [1.54, 1.807) is 11.0 Å². The zero-order chi connectivity index (χ0) is 14.5. The monoisotopic (exact) mass is 293 g/mol. The third-order valence-corrected chi connectivity index (χ3v) is 4.78. The molecule has 0 aromatic carbocycles. The average molecular weight is 293 g/mol. The maximum absolute atomic E-state index is 12.8. The minimum Gasteiger partial charge on any atom is -0.381 e. The van der Waals surface area contributed by atoms with Gasteiger partial charge in [0, 0.05) is 19.8 Å². The molecule has 0 atom stereocenters. The summed E-state index contributed by atoms with van der Waals surface area (Å²) in [6.45, 7) is 2.34. The number of hydrogen-bond donors (Lipinski definition) is 1. The first-order chi connectivity index (χ1) is 10.3. The van der Waals surface area contributed by atoms with Crippen LogP contribution in [0.2, 0.25) is 0 Å². The summed E-state index contributed by atoms with van der Waals surface area (Å²) < 4.78 is 7.02. The highest BCUT2D eigenvalue weighted by molar-refractivity contribution is 5.84. The molecule has 2 heterocycles. The summed E-state index contributed by atoms with van der Waals surface area (Å²) in [6, 6.07) is 0. The van der Waals surface area contributed by atoms with Gasteiger partial charge in [-0.1, -0.05) is 19.3 Å². The van der Waals surface area contributed by atoms with Gasteiger partial charge in [-0.3, -0.25) is 4.79 Å². The minimum atomic E-state index is -0.590. The topological polar surface area (TPSA) is 81.9 Å². The lowest BCUT2D eigenvalue weighted by atomic mass is 9.81. The van der Waals surface area contributed by atoms with E-state index in [2.05, 4.69) is 20.8 Å². The smallest absolute Gasteiger partial charge is 0.248 e. The summed E-state index contributed by atoms with van der Waals surface area (Å²) in [5.41, 5.74) is -0.590. The fraction of sp³-hybridized carbons (Fsp3) is 0.857. The molecule has 116 valence electrons. The second-order valence-corrected chi connectivity index (χ2v) is 6.11. The van der Waals surface area contributed by atoms with E-state index >= 15 is 0 Å². The van der Waals surface area contributed by atoms with Crippen molar-refractivity contribution in [2.24, 2.45) is 5.92 Å². The van der Waals surface area contributed by atoms with E-state index in [0.29, 0.717) is 5.92 Å². The van der Waals surface area contributed by atoms with E-state index in [1.807, 2.05) is 0 Å². The second kappa shape index (κ2) is 6.51. The first-order valence-corrected chi connectivity index (χ1v) is 7.91. The fourth-order valence-corrected chi connectivity index (χ4v) is 3.41. The summed E-state index contributed by atoms with van der Waals surface area (Å²) in [4.78, 5) is 12.8. The molecule has 21 heavy (non-hydrogen) atoms. The number of tetrazole rings is 1. The average Bonchev–Trinajstić information content (AvgIpc) is 3.09. The molecule has 0 unspecified atom stereocenters. The summed E-state index contributed by atoms with van der Waals surface area (Å²) >= 11 is 0. The predicted octanol–water partition coefficient (Wildman–Crippen LogP) is 0.875. The molecule has 0 spiro atoms. The van der Waals surface area contributed by atoms with Gasteiger partial charge in [0.2, 0.25) is 5.91 Å². The number of ether oxygens (including phenoxy) is 1. The van der Waals surface area contributed by atoms with Gasteiger partial charge >= 0.3 is 0 Å². The largest absolute Gasteiger partial charge is 0.381 e. The van der Waals surface area contributed by atoms with Gasteiger partial charge in [-0.05, 0) is 42.0 Å². The van der Waals surface area contributed by atoms with Gasteiger partial charge in [-0.2, -0.15) is 0 Å². The van der Waals surface area contributed by atoms with Crippen molar-refractivity contribution in [2.75, 3.05) is 19.8 Å². The van der Waals surface area contributed by atoms with Crippen LogP contribution >= 0.6 is 0 Å². The minimum absolute atomic E-state index is 0.0704. The number of rotatable bonds is 4. The molecule has 1 N–H and O–H groups in total. The standard InChI is InChI=1S/C14H23N5O2/c20-13(15-10-12-4-8-21-9-5-12)14(6-2-1-3-7-14)19-11-16-17-18-19/h11-12H,1-10H2,(H,15,20). The van der Waals surface area contributed by atoms with Crippen molar-refractivity contribution in [3.8, 4) is 0 Å². The molecule has 1 saturated carbocycles. The summed E-state index contributed by atoms with van der Waals surface area (Å²) in [5, 5.41) is 14.6. The Labute approximate surface area is 124 Å². The van der Waals surface area contributed by atoms with Gasteiger partial charge in [-0.25, -0.2) is 4.68 Å². The highest BCUT2D eigenvalue weighted by Gasteiger charge is 2.42. The van der Waals surface area contributed by atoms with Crippen molar-refractivity contribution in [3.05, 3.63) is 6.33 Å². The van der Waals surface area contributed by atoms with E-state index in [0.717, 1.165) is 58.3 Å². The van der Waals surface area contributed by atoms with Crippen molar-refractivity contribution < 1.29 is 9.53 Å². The van der Waals surface area contributed by atoms with Crippen LogP contribution in [0.15, 0.2) is 6.33 Å². The van der Waals surface area contributed by atoms with Crippen molar-refractivity contribution in [3.63, 3.8) is 0 Å². The zero-order valence-corrected chi connectivity index (χ0v) is 12.3. The molecule has 1 aromatic heterocycles. The summed E-state index contributed by atoms with van der Waals surface area (Å²) in [6.07, 6.45) is 8.52. The second-order valence-electron chi connectivity index (χ2n) is 6.11. The van der Waals surface area contributed by atoms with Crippen molar-refractivity contribution in [1.82, 2.24) is 25.5 Å². The maximum Gasteiger partial charge on any atom is 0.248 e. The van der Waals surface area contributed by atoms with E-state index in [9.17, 15) is 4.79 Å². The van der Waals surface area contributed by atoms with Crippen LogP contribution < -0.4 is 5.32 Å². The van der Waals surface area contributed by atoms with Crippen molar-refractivity contribution in [2.45, 2.75) is 50.5 Å². The lowest BCUT2D eigenvalue weighted by Gasteiger charge is -2.35. The van der Waals surface area contributed by atoms with Gasteiger partial charge in [0.15, 0.2) is 0 Å². The van der Waals surface area contributed by atoms with E-state index in [1.165, 1.54) is 6.42 Å². The van der Waals surface area contributed by atoms with Gasteiger partial charge in [0.05, 0.1) is 0 Å². The third kappa shape index (κ3) is 3.07. The van der Waals surface area contributed by atoms with E-state index in [-0.39, 0.29) is 5.91 Å². The number of carbonyl (C=O) groups excluding carboxylic acids is 1. The number of amides is 1. The van der Waals surface area contributed by atoms with Crippen LogP contribution in [-0.4, -0.2) is 45.9 Å². The normalized spacial score (nSPS) is 22.9. The molecular formula is C14H23N5O2. The molecular weight excluding hydrogens is 270 g/mol. The molecule has 2 fully saturated rings. The Bertz CT molecular complexity index is 450. The van der Waals surface area contributed by atoms with Crippen LogP contribution in [-0.2, 0) is 15.1 Å². The van der Waals surface area contributed by atoms with Crippen molar-refractivity contribution in [1.29, 1.82) is 0 Å². The Morgan fingerprint density at radius 2 is 2.05 bits per heavy atom. The zero-order valence-electron chi connectivity index (χ0n) is 12.3. The Morgan fingerprint density at radius 1 is 1.29 bits per heavy atom. The highest BCUT2D eigenvalue weighted by Crippen LogP contribution is 2.34. The molecule has 7 heteroatoms. The Balaban J connectivity index is 1.66. The summed E-state index contributed by atoms with van der Waals surface area (Å²) in [7, 11) is 0. The maximum atomic E-state index is 12.8. The molecule has 0 radical (unpaired) electrons. The van der Waals surface area contributed by atoms with Crippen LogP contribution in [0.5, 0.6) is 0 Å². The van der Waals surface area contributed by atoms with Crippen LogP contribution in [0.4, 0.5) is 0 Å². The lowest BCUT2D eigenvalue weighted by Crippen LogP contribution is -2.51. The first-order valence-electron chi connectivity index (χ1n) is 7.91. The fourth-order valence-electron chi connectivity index (χ4n) is 3.41.